The lowest BCUT2D eigenvalue weighted by atomic mass is 10.2. The maximum Gasteiger partial charge on any atom is 0.322 e. The summed E-state index contributed by atoms with van der Waals surface area (Å²) in [5.41, 5.74) is 7.38. The highest BCUT2D eigenvalue weighted by Gasteiger charge is 2.08. The third kappa shape index (κ3) is 2.64. The first-order chi connectivity index (χ1) is 10.1. The van der Waals surface area contributed by atoms with Crippen molar-refractivity contribution in [3.63, 3.8) is 0 Å². The number of fused-ring (bicyclic) bond motifs is 1. The minimum Gasteiger partial charge on any atom is -0.422 e. The number of aryl methyl sites for hydroxylation is 1. The number of nitrogens with zero attached hydrogens (tertiary/aromatic N) is 3. The second-order valence-electron chi connectivity index (χ2n) is 4.52. The molecule has 0 atom stereocenters. The number of amidine groups is 1. The molecule has 2 heterocycles. The van der Waals surface area contributed by atoms with Crippen LogP contribution in [-0.4, -0.2) is 20.8 Å². The van der Waals surface area contributed by atoms with Gasteiger partial charge in [-0.15, -0.1) is 0 Å². The smallest absolute Gasteiger partial charge is 0.322 e. The van der Waals surface area contributed by atoms with Crippen molar-refractivity contribution in [1.29, 1.82) is 5.41 Å². The van der Waals surface area contributed by atoms with Crippen molar-refractivity contribution in [2.24, 2.45) is 5.73 Å². The average molecular weight is 279 g/mol. The number of pyridine rings is 1. The number of nitrogens with one attached hydrogen (secondary N) is 1. The van der Waals surface area contributed by atoms with Gasteiger partial charge in [-0.1, -0.05) is 18.2 Å². The van der Waals surface area contributed by atoms with Crippen molar-refractivity contribution in [2.75, 3.05) is 0 Å². The van der Waals surface area contributed by atoms with E-state index in [4.69, 9.17) is 15.9 Å². The van der Waals surface area contributed by atoms with Crippen molar-refractivity contribution >= 4 is 16.7 Å². The fourth-order valence-electron chi connectivity index (χ4n) is 1.94. The fraction of sp³-hybridized carbons (Fsp3) is 0.0667. The van der Waals surface area contributed by atoms with Gasteiger partial charge in [-0.25, -0.2) is 9.97 Å². The first-order valence-electron chi connectivity index (χ1n) is 6.35. The molecule has 104 valence electrons. The zero-order valence-corrected chi connectivity index (χ0v) is 11.4. The van der Waals surface area contributed by atoms with Gasteiger partial charge in [-0.2, -0.15) is 4.98 Å². The molecule has 0 aliphatic rings. The zero-order chi connectivity index (χ0) is 14.8. The van der Waals surface area contributed by atoms with E-state index in [1.54, 1.807) is 12.1 Å². The van der Waals surface area contributed by atoms with Gasteiger partial charge in [-0.3, -0.25) is 5.41 Å². The molecule has 3 aromatic rings. The first-order valence-corrected chi connectivity index (χ1v) is 6.35. The quantitative estimate of drug-likeness (QED) is 0.566. The van der Waals surface area contributed by atoms with E-state index in [0.717, 1.165) is 16.6 Å². The molecular formula is C15H13N5O. The minimum atomic E-state index is -0.130. The molecule has 0 radical (unpaired) electrons. The number of ether oxygens (including phenoxy) is 1. The summed E-state index contributed by atoms with van der Waals surface area (Å²) in [6.07, 6.45) is 1.50. The van der Waals surface area contributed by atoms with Gasteiger partial charge in [-0.05, 0) is 25.1 Å². The van der Waals surface area contributed by atoms with Gasteiger partial charge in [0.25, 0.3) is 0 Å². The van der Waals surface area contributed by atoms with Gasteiger partial charge < -0.3 is 10.5 Å². The summed E-state index contributed by atoms with van der Waals surface area (Å²) in [6, 6.07) is 11.3. The van der Waals surface area contributed by atoms with Crippen LogP contribution in [0.2, 0.25) is 0 Å². The Kier molecular flexibility index (Phi) is 3.19. The number of nitrogen functional groups attached to an aromatic ring is 1. The molecule has 0 aliphatic heterocycles. The summed E-state index contributed by atoms with van der Waals surface area (Å²) < 4.78 is 5.70. The van der Waals surface area contributed by atoms with Crippen LogP contribution in [0.25, 0.3) is 10.9 Å². The molecular weight excluding hydrogens is 266 g/mol. The lowest BCUT2D eigenvalue weighted by Crippen LogP contribution is -2.13. The van der Waals surface area contributed by atoms with E-state index in [1.165, 1.54) is 6.20 Å². The lowest BCUT2D eigenvalue weighted by molar-refractivity contribution is 0.445. The molecule has 1 aromatic carbocycles. The van der Waals surface area contributed by atoms with Gasteiger partial charge in [0.1, 0.15) is 17.0 Å². The van der Waals surface area contributed by atoms with Crippen LogP contribution in [0.3, 0.4) is 0 Å². The SMILES string of the molecule is Cc1ccc2cccc(Oc3nccc(C(=N)N)n3)c2n1. The normalized spacial score (nSPS) is 10.5. The van der Waals surface area contributed by atoms with Gasteiger partial charge in [0, 0.05) is 17.3 Å². The minimum absolute atomic E-state index is 0.130. The van der Waals surface area contributed by atoms with Crippen LogP contribution in [0.4, 0.5) is 0 Å². The third-order valence-electron chi connectivity index (χ3n) is 2.93. The lowest BCUT2D eigenvalue weighted by Gasteiger charge is -2.08. The van der Waals surface area contributed by atoms with Crippen molar-refractivity contribution in [1.82, 2.24) is 15.0 Å². The van der Waals surface area contributed by atoms with E-state index in [-0.39, 0.29) is 11.8 Å². The Morgan fingerprint density at radius 1 is 1.14 bits per heavy atom. The van der Waals surface area contributed by atoms with Crippen LogP contribution in [0.1, 0.15) is 11.4 Å². The second kappa shape index (κ2) is 5.16. The van der Waals surface area contributed by atoms with E-state index in [0.29, 0.717) is 11.4 Å². The summed E-state index contributed by atoms with van der Waals surface area (Å²) >= 11 is 0. The van der Waals surface area contributed by atoms with Crippen LogP contribution in [0, 0.1) is 12.3 Å². The number of hydrogen-bond acceptors (Lipinski definition) is 5. The van der Waals surface area contributed by atoms with E-state index >= 15 is 0 Å². The molecule has 0 aliphatic carbocycles. The summed E-state index contributed by atoms with van der Waals surface area (Å²) in [6.45, 7) is 1.92. The van der Waals surface area contributed by atoms with Crippen LogP contribution < -0.4 is 10.5 Å². The largest absolute Gasteiger partial charge is 0.422 e. The molecule has 3 N–H and O–H groups in total. The van der Waals surface area contributed by atoms with Crippen molar-refractivity contribution in [3.05, 3.63) is 54.0 Å². The number of aromatic nitrogens is 3. The average Bonchev–Trinajstić information content (AvgIpc) is 2.48. The molecule has 2 aromatic heterocycles. The van der Waals surface area contributed by atoms with Crippen LogP contribution in [0.5, 0.6) is 11.8 Å². The molecule has 6 nitrogen and oxygen atoms in total. The molecule has 6 heteroatoms. The number of nitrogens with two attached hydrogens (primary N) is 1. The number of hydrogen-bond donors (Lipinski definition) is 2. The fourth-order valence-corrected chi connectivity index (χ4v) is 1.94. The summed E-state index contributed by atoms with van der Waals surface area (Å²) in [4.78, 5) is 12.6. The van der Waals surface area contributed by atoms with Gasteiger partial charge in [0.15, 0.2) is 5.75 Å². The first kappa shape index (κ1) is 13.0. The summed E-state index contributed by atoms with van der Waals surface area (Å²) in [5, 5.41) is 8.36. The molecule has 3 rings (SSSR count). The highest BCUT2D eigenvalue weighted by molar-refractivity contribution is 5.93. The van der Waals surface area contributed by atoms with Crippen LogP contribution >= 0.6 is 0 Å². The maximum atomic E-state index is 7.39. The van der Waals surface area contributed by atoms with Crippen molar-refractivity contribution in [3.8, 4) is 11.8 Å². The van der Waals surface area contributed by atoms with Crippen molar-refractivity contribution in [2.45, 2.75) is 6.92 Å². The van der Waals surface area contributed by atoms with Crippen molar-refractivity contribution < 1.29 is 4.74 Å². The van der Waals surface area contributed by atoms with E-state index in [9.17, 15) is 0 Å². The highest BCUT2D eigenvalue weighted by atomic mass is 16.5. The predicted octanol–water partition coefficient (Wildman–Crippen LogP) is 2.41. The van der Waals surface area contributed by atoms with E-state index in [1.807, 2.05) is 31.2 Å². The van der Waals surface area contributed by atoms with Gasteiger partial charge >= 0.3 is 6.01 Å². The number of para-hydroxylation sites is 1. The van der Waals surface area contributed by atoms with Gasteiger partial charge in [0.2, 0.25) is 0 Å². The standard InChI is InChI=1S/C15H13N5O/c1-9-5-6-10-3-2-4-12(13(10)19-9)21-15-18-8-7-11(20-15)14(16)17/h2-8H,1H3,(H3,16,17). The Morgan fingerprint density at radius 2 is 2.00 bits per heavy atom. The van der Waals surface area contributed by atoms with E-state index < -0.39 is 0 Å². The maximum absolute atomic E-state index is 7.39. The molecule has 0 spiro atoms. The predicted molar refractivity (Wildman–Crippen MR) is 79.6 cm³/mol. The Bertz CT molecular complexity index is 831. The topological polar surface area (TPSA) is 97.8 Å². The monoisotopic (exact) mass is 279 g/mol. The Balaban J connectivity index is 2.04. The van der Waals surface area contributed by atoms with E-state index in [2.05, 4.69) is 15.0 Å². The Morgan fingerprint density at radius 3 is 2.81 bits per heavy atom. The third-order valence-corrected chi connectivity index (χ3v) is 2.93. The van der Waals surface area contributed by atoms with Crippen LogP contribution in [-0.2, 0) is 0 Å². The molecule has 0 fully saturated rings. The van der Waals surface area contributed by atoms with Gasteiger partial charge in [0.05, 0.1) is 0 Å². The summed E-state index contributed by atoms with van der Waals surface area (Å²) in [7, 11) is 0. The number of rotatable bonds is 3. The molecule has 0 unspecified atom stereocenters. The molecule has 0 amide bonds. The number of benzene rings is 1. The molecule has 0 saturated heterocycles. The zero-order valence-electron chi connectivity index (χ0n) is 11.4. The molecule has 0 bridgehead atoms. The highest BCUT2D eigenvalue weighted by Crippen LogP contribution is 2.27. The Labute approximate surface area is 121 Å². The van der Waals surface area contributed by atoms with Crippen LogP contribution in [0.15, 0.2) is 42.6 Å². The molecule has 21 heavy (non-hydrogen) atoms. The summed E-state index contributed by atoms with van der Waals surface area (Å²) in [5.74, 6) is 0.436. The Hall–Kier alpha value is -3.02. The second-order valence-corrected chi connectivity index (χ2v) is 4.52. The molecule has 0 saturated carbocycles.